The topological polar surface area (TPSA) is 128 Å². The molecule has 0 aliphatic rings. The summed E-state index contributed by atoms with van der Waals surface area (Å²) in [7, 11) is 1.39. The number of carbonyl (C=O) groups is 2. The van der Waals surface area contributed by atoms with Crippen LogP contribution in [0.15, 0.2) is 48.8 Å². The van der Waals surface area contributed by atoms with Crippen LogP contribution in [0.5, 0.6) is 5.88 Å². The molecule has 0 bridgehead atoms. The summed E-state index contributed by atoms with van der Waals surface area (Å²) < 4.78 is 10.4. The van der Waals surface area contributed by atoms with E-state index in [-0.39, 0.29) is 40.6 Å². The van der Waals surface area contributed by atoms with E-state index >= 15 is 0 Å². The molecule has 0 unspecified atom stereocenters. The van der Waals surface area contributed by atoms with Crippen LogP contribution in [-0.2, 0) is 11.3 Å². The molecular weight excluding hydrogens is 350 g/mol. The van der Waals surface area contributed by atoms with Gasteiger partial charge in [0.1, 0.15) is 12.3 Å². The highest BCUT2D eigenvalue weighted by molar-refractivity contribution is 6.02. The van der Waals surface area contributed by atoms with Crippen LogP contribution < -0.4 is 10.5 Å². The number of aromatic amines is 1. The fourth-order valence-corrected chi connectivity index (χ4v) is 2.55. The highest BCUT2D eigenvalue weighted by Crippen LogP contribution is 2.32. The Bertz CT molecular complexity index is 982. The van der Waals surface area contributed by atoms with Crippen LogP contribution in [0.2, 0.25) is 0 Å². The summed E-state index contributed by atoms with van der Waals surface area (Å²) in [5, 5.41) is 9.31. The lowest BCUT2D eigenvalue weighted by atomic mass is 10.1. The Morgan fingerprint density at radius 1 is 1.19 bits per heavy atom. The molecule has 0 aliphatic carbocycles. The number of pyridine rings is 1. The number of ether oxygens (including phenoxy) is 2. The average Bonchev–Trinajstić information content (AvgIpc) is 3.17. The zero-order chi connectivity index (χ0) is 19.4. The number of rotatable bonds is 6. The third-order valence-electron chi connectivity index (χ3n) is 3.91. The van der Waals surface area contributed by atoms with Crippen LogP contribution in [0.25, 0.3) is 11.3 Å². The second-order valence-electron chi connectivity index (χ2n) is 5.62. The maximum absolute atomic E-state index is 12.5. The van der Waals surface area contributed by atoms with Crippen molar-refractivity contribution in [3.63, 3.8) is 0 Å². The third kappa shape index (κ3) is 3.74. The van der Waals surface area contributed by atoms with Gasteiger partial charge in [-0.1, -0.05) is 30.3 Å². The first-order chi connectivity index (χ1) is 13.0. The van der Waals surface area contributed by atoms with Gasteiger partial charge in [-0.05, 0) is 5.56 Å². The van der Waals surface area contributed by atoms with Crippen LogP contribution in [0.3, 0.4) is 0 Å². The molecule has 0 saturated carbocycles. The molecule has 2 aromatic heterocycles. The summed E-state index contributed by atoms with van der Waals surface area (Å²) in [6.45, 7) is 0.0730. The number of nitrogen functional groups attached to an aromatic ring is 1. The first-order valence-corrected chi connectivity index (χ1v) is 7.97. The van der Waals surface area contributed by atoms with E-state index in [9.17, 15) is 14.7 Å². The average molecular weight is 367 g/mol. The number of carboxylic acid groups (broad SMARTS) is 1. The van der Waals surface area contributed by atoms with Gasteiger partial charge in [0.05, 0.1) is 23.9 Å². The highest BCUT2D eigenvalue weighted by Gasteiger charge is 2.23. The molecule has 0 radical (unpaired) electrons. The third-order valence-corrected chi connectivity index (χ3v) is 3.91. The van der Waals surface area contributed by atoms with Crippen molar-refractivity contribution in [1.82, 2.24) is 9.97 Å². The number of carboxylic acids is 1. The Balaban J connectivity index is 1.97. The SMILES string of the molecule is COc1cc(C(=O)OCc2ccccc2)c(N)c(-c2c[nH]cc2C(=O)O)n1. The molecule has 3 aromatic rings. The van der Waals surface area contributed by atoms with E-state index in [0.717, 1.165) is 5.56 Å². The zero-order valence-corrected chi connectivity index (χ0v) is 14.4. The van der Waals surface area contributed by atoms with Crippen molar-refractivity contribution in [2.75, 3.05) is 12.8 Å². The maximum atomic E-state index is 12.5. The van der Waals surface area contributed by atoms with Crippen LogP contribution in [0, 0.1) is 0 Å². The molecule has 2 heterocycles. The quantitative estimate of drug-likeness (QED) is 0.572. The minimum atomic E-state index is -1.15. The van der Waals surface area contributed by atoms with E-state index in [2.05, 4.69) is 9.97 Å². The number of esters is 1. The maximum Gasteiger partial charge on any atom is 0.340 e. The number of benzene rings is 1. The van der Waals surface area contributed by atoms with Gasteiger partial charge in [-0.25, -0.2) is 14.6 Å². The molecule has 0 fully saturated rings. The van der Waals surface area contributed by atoms with Crippen LogP contribution in [0.4, 0.5) is 5.69 Å². The molecule has 8 heteroatoms. The Morgan fingerprint density at radius 3 is 2.59 bits per heavy atom. The number of nitrogens with zero attached hydrogens (tertiary/aromatic N) is 1. The van der Waals surface area contributed by atoms with Crippen molar-refractivity contribution in [2.45, 2.75) is 6.61 Å². The van der Waals surface area contributed by atoms with Gasteiger partial charge in [-0.3, -0.25) is 0 Å². The molecule has 8 nitrogen and oxygen atoms in total. The van der Waals surface area contributed by atoms with Crippen molar-refractivity contribution in [2.24, 2.45) is 0 Å². The predicted molar refractivity (Wildman–Crippen MR) is 97.5 cm³/mol. The van der Waals surface area contributed by atoms with E-state index < -0.39 is 11.9 Å². The number of aromatic nitrogens is 2. The largest absolute Gasteiger partial charge is 0.481 e. The number of nitrogens with two attached hydrogens (primary N) is 1. The van der Waals surface area contributed by atoms with Crippen molar-refractivity contribution in [3.05, 3.63) is 65.5 Å². The number of anilines is 1. The van der Waals surface area contributed by atoms with Crippen LogP contribution >= 0.6 is 0 Å². The Labute approximate surface area is 154 Å². The number of hydrogen-bond acceptors (Lipinski definition) is 6. The summed E-state index contributed by atoms with van der Waals surface area (Å²) >= 11 is 0. The number of hydrogen-bond donors (Lipinski definition) is 3. The summed E-state index contributed by atoms with van der Waals surface area (Å²) in [6.07, 6.45) is 2.76. The molecule has 27 heavy (non-hydrogen) atoms. The minimum absolute atomic E-state index is 0.0101. The summed E-state index contributed by atoms with van der Waals surface area (Å²) in [5.41, 5.74) is 7.34. The smallest absolute Gasteiger partial charge is 0.340 e. The Morgan fingerprint density at radius 2 is 1.93 bits per heavy atom. The first kappa shape index (κ1) is 18.0. The second kappa shape index (κ2) is 7.61. The Kier molecular flexibility index (Phi) is 5.07. The molecule has 3 rings (SSSR count). The molecule has 0 atom stereocenters. The van der Waals surface area contributed by atoms with E-state index in [1.807, 2.05) is 30.3 Å². The fraction of sp³-hybridized carbons (Fsp3) is 0.105. The number of aromatic carboxylic acids is 1. The number of H-pyrrole nitrogens is 1. The number of methoxy groups -OCH3 is 1. The van der Waals surface area contributed by atoms with Crippen molar-refractivity contribution >= 4 is 17.6 Å². The summed E-state index contributed by atoms with van der Waals surface area (Å²) in [5.74, 6) is -1.70. The molecule has 0 saturated heterocycles. The number of carbonyl (C=O) groups excluding carboxylic acids is 1. The number of nitrogens with one attached hydrogen (secondary N) is 1. The monoisotopic (exact) mass is 367 g/mol. The van der Waals surface area contributed by atoms with Gasteiger partial charge in [-0.2, -0.15) is 0 Å². The summed E-state index contributed by atoms with van der Waals surface area (Å²) in [6, 6.07) is 10.6. The molecule has 0 amide bonds. The molecular formula is C19H17N3O5. The lowest BCUT2D eigenvalue weighted by Gasteiger charge is -2.12. The summed E-state index contributed by atoms with van der Waals surface area (Å²) in [4.78, 5) is 30.8. The van der Waals surface area contributed by atoms with Gasteiger partial charge in [0.2, 0.25) is 5.88 Å². The van der Waals surface area contributed by atoms with E-state index in [1.54, 1.807) is 0 Å². The van der Waals surface area contributed by atoms with E-state index in [0.29, 0.717) is 0 Å². The Hall–Kier alpha value is -3.81. The molecule has 138 valence electrons. The van der Waals surface area contributed by atoms with Gasteiger partial charge < -0.3 is 25.3 Å². The van der Waals surface area contributed by atoms with Crippen molar-refractivity contribution in [1.29, 1.82) is 0 Å². The van der Waals surface area contributed by atoms with Gasteiger partial charge in [0, 0.05) is 24.0 Å². The lowest BCUT2D eigenvalue weighted by Crippen LogP contribution is -2.11. The van der Waals surface area contributed by atoms with Gasteiger partial charge in [0.15, 0.2) is 0 Å². The minimum Gasteiger partial charge on any atom is -0.481 e. The van der Waals surface area contributed by atoms with Gasteiger partial charge in [-0.15, -0.1) is 0 Å². The van der Waals surface area contributed by atoms with Crippen molar-refractivity contribution in [3.8, 4) is 17.1 Å². The highest BCUT2D eigenvalue weighted by atomic mass is 16.5. The first-order valence-electron chi connectivity index (χ1n) is 7.97. The standard InChI is InChI=1S/C19H17N3O5/c1-26-15-7-12(19(25)27-10-11-5-3-2-4-6-11)16(20)17(22-15)13-8-21-9-14(13)18(23)24/h2-9,21H,10,20H2,1H3,(H,23,24). The van der Waals surface area contributed by atoms with Crippen LogP contribution in [0.1, 0.15) is 26.3 Å². The molecule has 4 N–H and O–H groups in total. The molecule has 0 aliphatic heterocycles. The molecule has 0 spiro atoms. The predicted octanol–water partition coefficient (Wildman–Crippen LogP) is 2.72. The second-order valence-corrected chi connectivity index (χ2v) is 5.62. The van der Waals surface area contributed by atoms with E-state index in [4.69, 9.17) is 15.2 Å². The lowest BCUT2D eigenvalue weighted by molar-refractivity contribution is 0.0473. The van der Waals surface area contributed by atoms with E-state index in [1.165, 1.54) is 25.6 Å². The normalized spacial score (nSPS) is 10.4. The fourth-order valence-electron chi connectivity index (χ4n) is 2.55. The van der Waals surface area contributed by atoms with Gasteiger partial charge >= 0.3 is 11.9 Å². The molecule has 1 aromatic carbocycles. The van der Waals surface area contributed by atoms with Crippen LogP contribution in [-0.4, -0.2) is 34.1 Å². The van der Waals surface area contributed by atoms with Gasteiger partial charge in [0.25, 0.3) is 0 Å². The zero-order valence-electron chi connectivity index (χ0n) is 14.4. The van der Waals surface area contributed by atoms with Crippen molar-refractivity contribution < 1.29 is 24.2 Å².